The van der Waals surface area contributed by atoms with Crippen LogP contribution in [-0.4, -0.2) is 4.57 Å². The lowest BCUT2D eigenvalue weighted by Gasteiger charge is -2.24. The summed E-state index contributed by atoms with van der Waals surface area (Å²) in [6.07, 6.45) is 4.65. The Labute approximate surface area is 192 Å². The molecule has 0 bridgehead atoms. The molecule has 5 rings (SSSR count). The summed E-state index contributed by atoms with van der Waals surface area (Å²) in [4.78, 5) is 0. The summed E-state index contributed by atoms with van der Waals surface area (Å²) < 4.78 is 5.04. The van der Waals surface area contributed by atoms with Crippen LogP contribution in [0.3, 0.4) is 0 Å². The van der Waals surface area contributed by atoms with Crippen molar-refractivity contribution in [3.8, 4) is 28.2 Å². The topological polar surface area (TPSA) is 8.81 Å². The van der Waals surface area contributed by atoms with Crippen molar-refractivity contribution in [3.05, 3.63) is 95.3 Å². The van der Waals surface area contributed by atoms with Crippen LogP contribution in [0.25, 0.3) is 28.2 Å². The molecule has 0 amide bonds. The van der Waals surface area contributed by atoms with E-state index in [1.807, 2.05) is 0 Å². The summed E-state index contributed by atoms with van der Waals surface area (Å²) in [5.74, 6) is 0.650. The molecule has 162 valence electrons. The third kappa shape index (κ3) is 3.48. The molecule has 1 aliphatic rings. The van der Waals surface area contributed by atoms with Crippen molar-refractivity contribution in [1.82, 2.24) is 4.57 Å². The molecule has 3 aromatic carbocycles. The normalized spacial score (nSPS) is 15.0. The molecular weight excluding hydrogens is 388 g/mol. The molecule has 2 heteroatoms. The van der Waals surface area contributed by atoms with Gasteiger partial charge in [0.1, 0.15) is 11.7 Å². The summed E-state index contributed by atoms with van der Waals surface area (Å²) in [5, 5.41) is 0. The molecule has 2 heterocycles. The lowest BCUT2D eigenvalue weighted by Crippen LogP contribution is -2.44. The third-order valence-electron chi connectivity index (χ3n) is 6.75. The molecule has 1 atom stereocenters. The lowest BCUT2D eigenvalue weighted by atomic mass is 9.88. The van der Waals surface area contributed by atoms with Crippen molar-refractivity contribution in [2.24, 2.45) is 5.92 Å². The molecule has 0 radical (unpaired) electrons. The van der Waals surface area contributed by atoms with E-state index in [-0.39, 0.29) is 0 Å². The minimum atomic E-state index is 0.467. The molecule has 0 fully saturated rings. The standard InChI is InChI=1S/C30H33N2/c1-20(2)15-26-18-25-13-9-10-14-27(25)30-29(24-11-7-6-8-12-24)32(19-31(26)30)28-22(4)16-21(3)17-23(28)5/h6-14,16-17,19-20,26H,15,18H2,1-5H3/q+1/t26-/m0/s1. The quantitative estimate of drug-likeness (QED) is 0.309. The molecular formula is C30H33N2+. The summed E-state index contributed by atoms with van der Waals surface area (Å²) in [7, 11) is 0. The van der Waals surface area contributed by atoms with Gasteiger partial charge in [0.05, 0.1) is 0 Å². The van der Waals surface area contributed by atoms with Gasteiger partial charge in [0.2, 0.25) is 6.33 Å². The number of aromatic nitrogens is 2. The van der Waals surface area contributed by atoms with Crippen molar-refractivity contribution < 1.29 is 4.57 Å². The van der Waals surface area contributed by atoms with Gasteiger partial charge in [-0.15, -0.1) is 0 Å². The summed E-state index contributed by atoms with van der Waals surface area (Å²) in [6.45, 7) is 11.3. The maximum absolute atomic E-state index is 2.57. The first kappa shape index (κ1) is 20.8. The van der Waals surface area contributed by atoms with Gasteiger partial charge >= 0.3 is 0 Å². The highest BCUT2D eigenvalue weighted by atomic mass is 15.2. The predicted octanol–water partition coefficient (Wildman–Crippen LogP) is 7.17. The van der Waals surface area contributed by atoms with Gasteiger partial charge in [0, 0.05) is 17.5 Å². The molecule has 1 aromatic heterocycles. The second-order valence-electron chi connectivity index (χ2n) is 9.85. The number of fused-ring (bicyclic) bond motifs is 3. The zero-order valence-electron chi connectivity index (χ0n) is 19.9. The smallest absolute Gasteiger partial charge is 0.226 e. The van der Waals surface area contributed by atoms with Crippen LogP contribution in [0, 0.1) is 26.7 Å². The Morgan fingerprint density at radius 3 is 2.25 bits per heavy atom. The fourth-order valence-electron chi connectivity index (χ4n) is 5.64. The maximum Gasteiger partial charge on any atom is 0.250 e. The number of imidazole rings is 1. The minimum Gasteiger partial charge on any atom is -0.226 e. The molecule has 32 heavy (non-hydrogen) atoms. The Hall–Kier alpha value is -3.13. The van der Waals surface area contributed by atoms with Crippen LogP contribution in [0.1, 0.15) is 48.6 Å². The van der Waals surface area contributed by atoms with Crippen LogP contribution >= 0.6 is 0 Å². The second-order valence-corrected chi connectivity index (χ2v) is 9.85. The lowest BCUT2D eigenvalue weighted by molar-refractivity contribution is -0.715. The van der Waals surface area contributed by atoms with E-state index in [2.05, 4.69) is 117 Å². The first-order valence-corrected chi connectivity index (χ1v) is 11.8. The van der Waals surface area contributed by atoms with E-state index in [4.69, 9.17) is 0 Å². The van der Waals surface area contributed by atoms with E-state index in [1.165, 1.54) is 56.9 Å². The highest BCUT2D eigenvalue weighted by Crippen LogP contribution is 2.40. The predicted molar refractivity (Wildman–Crippen MR) is 133 cm³/mol. The van der Waals surface area contributed by atoms with Crippen molar-refractivity contribution in [1.29, 1.82) is 0 Å². The number of hydrogen-bond acceptors (Lipinski definition) is 0. The van der Waals surface area contributed by atoms with Crippen molar-refractivity contribution in [3.63, 3.8) is 0 Å². The molecule has 0 spiro atoms. The van der Waals surface area contributed by atoms with Crippen molar-refractivity contribution >= 4 is 0 Å². The van der Waals surface area contributed by atoms with Crippen LogP contribution in [-0.2, 0) is 6.42 Å². The molecule has 0 N–H and O–H groups in total. The SMILES string of the molecule is Cc1cc(C)c(-n2c[n+]3c(c2-c2ccccc2)-c2ccccc2C[C@@H]3CC(C)C)c(C)c1. The van der Waals surface area contributed by atoms with Crippen LogP contribution in [0.4, 0.5) is 0 Å². The summed E-state index contributed by atoms with van der Waals surface area (Å²) in [5.41, 5.74) is 12.0. The van der Waals surface area contributed by atoms with Gasteiger partial charge in [0.15, 0.2) is 11.4 Å². The number of benzene rings is 3. The Morgan fingerprint density at radius 2 is 1.56 bits per heavy atom. The van der Waals surface area contributed by atoms with Gasteiger partial charge in [-0.2, -0.15) is 4.57 Å². The number of rotatable bonds is 4. The van der Waals surface area contributed by atoms with E-state index < -0.39 is 0 Å². The van der Waals surface area contributed by atoms with Crippen molar-refractivity contribution in [2.45, 2.75) is 53.5 Å². The summed E-state index contributed by atoms with van der Waals surface area (Å²) in [6, 6.07) is 25.0. The number of nitrogens with zero attached hydrogens (tertiary/aromatic N) is 2. The third-order valence-corrected chi connectivity index (χ3v) is 6.75. The van der Waals surface area contributed by atoms with Gasteiger partial charge < -0.3 is 0 Å². The maximum atomic E-state index is 2.57. The van der Waals surface area contributed by atoms with Crippen LogP contribution in [0.15, 0.2) is 73.1 Å². The minimum absolute atomic E-state index is 0.467. The van der Waals surface area contributed by atoms with Gasteiger partial charge in [-0.3, -0.25) is 0 Å². The summed E-state index contributed by atoms with van der Waals surface area (Å²) >= 11 is 0. The fraction of sp³-hybridized carbons (Fsp3) is 0.300. The largest absolute Gasteiger partial charge is 0.250 e. The molecule has 4 aromatic rings. The number of hydrogen-bond donors (Lipinski definition) is 0. The second kappa shape index (κ2) is 8.09. The molecule has 0 saturated carbocycles. The average molecular weight is 422 g/mol. The highest BCUT2D eigenvalue weighted by molar-refractivity contribution is 5.80. The Morgan fingerprint density at radius 1 is 0.906 bits per heavy atom. The molecule has 0 unspecified atom stereocenters. The van der Waals surface area contributed by atoms with Gasteiger partial charge in [0.25, 0.3) is 0 Å². The highest BCUT2D eigenvalue weighted by Gasteiger charge is 2.37. The Balaban J connectivity index is 1.87. The zero-order chi connectivity index (χ0) is 22.4. The first-order valence-electron chi connectivity index (χ1n) is 11.8. The first-order chi connectivity index (χ1) is 15.4. The van der Waals surface area contributed by atoms with Gasteiger partial charge in [-0.25, -0.2) is 4.57 Å². The Bertz CT molecular complexity index is 1250. The molecule has 2 nitrogen and oxygen atoms in total. The van der Waals surface area contributed by atoms with Crippen LogP contribution in [0.5, 0.6) is 0 Å². The zero-order valence-corrected chi connectivity index (χ0v) is 19.9. The molecule has 1 aliphatic heterocycles. The van der Waals surface area contributed by atoms with Crippen LogP contribution < -0.4 is 4.57 Å². The van der Waals surface area contributed by atoms with E-state index >= 15 is 0 Å². The van der Waals surface area contributed by atoms with Gasteiger partial charge in [-0.1, -0.05) is 86.1 Å². The van der Waals surface area contributed by atoms with Crippen LogP contribution in [0.2, 0.25) is 0 Å². The van der Waals surface area contributed by atoms with E-state index in [0.29, 0.717) is 12.0 Å². The van der Waals surface area contributed by atoms with E-state index in [9.17, 15) is 0 Å². The fourth-order valence-corrected chi connectivity index (χ4v) is 5.64. The van der Waals surface area contributed by atoms with E-state index in [1.54, 1.807) is 0 Å². The number of aryl methyl sites for hydroxylation is 3. The molecule has 0 saturated heterocycles. The van der Waals surface area contributed by atoms with Crippen molar-refractivity contribution in [2.75, 3.05) is 0 Å². The van der Waals surface area contributed by atoms with Gasteiger partial charge in [-0.05, 0) is 49.8 Å². The monoisotopic (exact) mass is 421 g/mol. The Kier molecular flexibility index (Phi) is 5.25. The molecule has 0 aliphatic carbocycles. The average Bonchev–Trinajstić information content (AvgIpc) is 3.14. The van der Waals surface area contributed by atoms with E-state index in [0.717, 1.165) is 6.42 Å².